The molecule has 0 radical (unpaired) electrons. The van der Waals surface area contributed by atoms with Gasteiger partial charge in [0.1, 0.15) is 0 Å². The minimum Gasteiger partial charge on any atom is -0.339 e. The molecule has 2 heterocycles. The fourth-order valence-corrected chi connectivity index (χ4v) is 3.35. The molecular formula is C18H21Cl2N5O. The molecule has 1 fully saturated rings. The second-order valence-corrected chi connectivity index (χ2v) is 7.17. The second-order valence-electron chi connectivity index (χ2n) is 6.74. The van der Waals surface area contributed by atoms with Gasteiger partial charge in [-0.3, -0.25) is 0 Å². The van der Waals surface area contributed by atoms with Crippen LogP contribution in [0.5, 0.6) is 0 Å². The van der Waals surface area contributed by atoms with E-state index in [0.29, 0.717) is 23.2 Å². The molecule has 0 aliphatic heterocycles. The fraction of sp³-hybridized carbons (Fsp3) is 0.389. The van der Waals surface area contributed by atoms with E-state index in [1.807, 2.05) is 42.8 Å². The zero-order valence-corrected chi connectivity index (χ0v) is 16.3. The van der Waals surface area contributed by atoms with Crippen LogP contribution in [-0.4, -0.2) is 19.9 Å². The molecule has 4 rings (SSSR count). The Kier molecular flexibility index (Phi) is 5.10. The van der Waals surface area contributed by atoms with Gasteiger partial charge in [-0.15, -0.1) is 12.4 Å². The van der Waals surface area contributed by atoms with E-state index < -0.39 is 5.54 Å². The van der Waals surface area contributed by atoms with Crippen LogP contribution in [0.25, 0.3) is 5.69 Å². The van der Waals surface area contributed by atoms with Crippen LogP contribution >= 0.6 is 24.0 Å². The highest BCUT2D eigenvalue weighted by atomic mass is 35.5. The monoisotopic (exact) mass is 393 g/mol. The van der Waals surface area contributed by atoms with Crippen molar-refractivity contribution in [3.05, 3.63) is 58.0 Å². The van der Waals surface area contributed by atoms with Crippen molar-refractivity contribution in [1.29, 1.82) is 0 Å². The number of hydrogen-bond acceptors (Lipinski definition) is 5. The Bertz CT molecular complexity index is 912. The average molecular weight is 394 g/mol. The van der Waals surface area contributed by atoms with Gasteiger partial charge in [0.25, 0.3) is 0 Å². The van der Waals surface area contributed by atoms with Gasteiger partial charge in [-0.2, -0.15) is 10.1 Å². The zero-order valence-electron chi connectivity index (χ0n) is 14.7. The summed E-state index contributed by atoms with van der Waals surface area (Å²) in [6, 6.07) is 7.61. The topological polar surface area (TPSA) is 82.8 Å². The van der Waals surface area contributed by atoms with Gasteiger partial charge in [-0.25, -0.2) is 4.68 Å². The van der Waals surface area contributed by atoms with Gasteiger partial charge in [0, 0.05) is 16.3 Å². The van der Waals surface area contributed by atoms with Crippen LogP contribution in [0.2, 0.25) is 5.02 Å². The van der Waals surface area contributed by atoms with Crippen molar-refractivity contribution < 1.29 is 4.52 Å². The van der Waals surface area contributed by atoms with Gasteiger partial charge in [0.2, 0.25) is 5.89 Å². The molecule has 1 aromatic carbocycles. The maximum absolute atomic E-state index is 6.27. The fourth-order valence-electron chi connectivity index (χ4n) is 3.23. The summed E-state index contributed by atoms with van der Waals surface area (Å²) in [6.07, 6.45) is 3.50. The molecule has 2 aromatic heterocycles. The quantitative estimate of drug-likeness (QED) is 0.726. The Morgan fingerprint density at radius 2 is 1.92 bits per heavy atom. The van der Waals surface area contributed by atoms with Crippen molar-refractivity contribution in [3.63, 3.8) is 0 Å². The van der Waals surface area contributed by atoms with Gasteiger partial charge in [-0.05, 0) is 57.4 Å². The lowest BCUT2D eigenvalue weighted by Crippen LogP contribution is -2.44. The summed E-state index contributed by atoms with van der Waals surface area (Å²) < 4.78 is 7.35. The lowest BCUT2D eigenvalue weighted by molar-refractivity contribution is 0.229. The zero-order chi connectivity index (χ0) is 17.6. The summed E-state index contributed by atoms with van der Waals surface area (Å²) in [6.45, 7) is 4.03. The molecule has 0 saturated heterocycles. The van der Waals surface area contributed by atoms with E-state index in [1.54, 1.807) is 0 Å². The van der Waals surface area contributed by atoms with Crippen molar-refractivity contribution in [3.8, 4) is 5.69 Å². The Balaban J connectivity index is 0.00000196. The Morgan fingerprint density at radius 1 is 1.23 bits per heavy atom. The van der Waals surface area contributed by atoms with Crippen LogP contribution < -0.4 is 5.73 Å². The minimum absolute atomic E-state index is 0. The van der Waals surface area contributed by atoms with E-state index in [2.05, 4.69) is 15.2 Å². The average Bonchev–Trinajstić information content (AvgIpc) is 3.14. The number of nitrogens with zero attached hydrogens (tertiary/aromatic N) is 4. The van der Waals surface area contributed by atoms with Gasteiger partial charge in [0.15, 0.2) is 5.82 Å². The summed E-state index contributed by atoms with van der Waals surface area (Å²) in [5.74, 6) is 1.20. The highest BCUT2D eigenvalue weighted by Crippen LogP contribution is 2.37. The van der Waals surface area contributed by atoms with Crippen LogP contribution in [0.15, 0.2) is 28.8 Å². The van der Waals surface area contributed by atoms with Crippen LogP contribution in [0.3, 0.4) is 0 Å². The first kappa shape index (κ1) is 18.9. The highest BCUT2D eigenvalue weighted by molar-refractivity contribution is 6.30. The van der Waals surface area contributed by atoms with Crippen molar-refractivity contribution in [2.75, 3.05) is 0 Å². The second kappa shape index (κ2) is 7.02. The molecule has 0 atom stereocenters. The van der Waals surface area contributed by atoms with E-state index in [-0.39, 0.29) is 12.4 Å². The molecule has 1 aliphatic rings. The number of hydrogen-bond donors (Lipinski definition) is 1. The Morgan fingerprint density at radius 3 is 2.54 bits per heavy atom. The van der Waals surface area contributed by atoms with Gasteiger partial charge < -0.3 is 10.3 Å². The van der Waals surface area contributed by atoms with E-state index >= 15 is 0 Å². The molecule has 0 amide bonds. The number of nitrogens with two attached hydrogens (primary N) is 1. The molecule has 8 heteroatoms. The van der Waals surface area contributed by atoms with Gasteiger partial charge in [-0.1, -0.05) is 16.8 Å². The Labute approximate surface area is 163 Å². The number of rotatable bonds is 4. The van der Waals surface area contributed by atoms with E-state index in [1.165, 1.54) is 0 Å². The van der Waals surface area contributed by atoms with Crippen molar-refractivity contribution in [2.45, 2.75) is 45.1 Å². The molecule has 0 spiro atoms. The first-order valence-electron chi connectivity index (χ1n) is 8.39. The molecule has 0 bridgehead atoms. The third kappa shape index (κ3) is 3.24. The van der Waals surface area contributed by atoms with E-state index in [9.17, 15) is 0 Å². The number of halogens is 2. The first-order valence-corrected chi connectivity index (χ1v) is 8.77. The minimum atomic E-state index is -0.403. The molecular weight excluding hydrogens is 373 g/mol. The molecule has 26 heavy (non-hydrogen) atoms. The smallest absolute Gasteiger partial charge is 0.231 e. The standard InChI is InChI=1S/C18H20ClN5O.ClH/c1-11-15(10-16-21-17(23-25-16)18(20)8-3-9-18)12(2)24(22-11)14-6-4-13(19)5-7-14;/h4-7H,3,8-10,20H2,1-2H3;1H. The maximum atomic E-state index is 6.27. The number of benzene rings is 1. The maximum Gasteiger partial charge on any atom is 0.231 e. The Hall–Kier alpha value is -1.89. The lowest BCUT2D eigenvalue weighted by Gasteiger charge is -2.34. The highest BCUT2D eigenvalue weighted by Gasteiger charge is 2.39. The molecule has 3 aromatic rings. The summed E-state index contributed by atoms with van der Waals surface area (Å²) in [7, 11) is 0. The van der Waals surface area contributed by atoms with Crippen molar-refractivity contribution in [1.82, 2.24) is 19.9 Å². The predicted octanol–water partition coefficient (Wildman–Crippen LogP) is 3.88. The van der Waals surface area contributed by atoms with Crippen LogP contribution in [0.4, 0.5) is 0 Å². The molecule has 138 valence electrons. The molecule has 6 nitrogen and oxygen atoms in total. The third-order valence-corrected chi connectivity index (χ3v) is 5.25. The van der Waals surface area contributed by atoms with Crippen molar-refractivity contribution in [2.24, 2.45) is 5.73 Å². The van der Waals surface area contributed by atoms with Gasteiger partial charge in [0.05, 0.1) is 23.3 Å². The van der Waals surface area contributed by atoms with E-state index in [0.717, 1.165) is 41.9 Å². The summed E-state index contributed by atoms with van der Waals surface area (Å²) in [5, 5.41) is 9.44. The SMILES string of the molecule is Cc1nn(-c2ccc(Cl)cc2)c(C)c1Cc1nc(C2(N)CCC2)no1.Cl. The van der Waals surface area contributed by atoms with Crippen LogP contribution in [0.1, 0.15) is 47.9 Å². The molecule has 0 unspecified atom stereocenters. The molecule has 1 aliphatic carbocycles. The van der Waals surface area contributed by atoms with Crippen LogP contribution in [0, 0.1) is 13.8 Å². The van der Waals surface area contributed by atoms with Crippen molar-refractivity contribution >= 4 is 24.0 Å². The molecule has 2 N–H and O–H groups in total. The lowest BCUT2D eigenvalue weighted by atomic mass is 9.77. The van der Waals surface area contributed by atoms with E-state index in [4.69, 9.17) is 21.9 Å². The van der Waals surface area contributed by atoms with Crippen LogP contribution in [-0.2, 0) is 12.0 Å². The predicted molar refractivity (Wildman–Crippen MR) is 102 cm³/mol. The summed E-state index contributed by atoms with van der Waals surface area (Å²) in [5.41, 5.74) is 9.92. The normalized spacial score (nSPS) is 15.4. The van der Waals surface area contributed by atoms with Gasteiger partial charge >= 0.3 is 0 Å². The summed E-state index contributed by atoms with van der Waals surface area (Å²) in [4.78, 5) is 4.52. The summed E-state index contributed by atoms with van der Waals surface area (Å²) >= 11 is 5.97. The number of aryl methyl sites for hydroxylation is 1. The first-order chi connectivity index (χ1) is 12.0. The number of aromatic nitrogens is 4. The largest absolute Gasteiger partial charge is 0.339 e. The third-order valence-electron chi connectivity index (χ3n) is 5.00. The molecule has 1 saturated carbocycles.